The van der Waals surface area contributed by atoms with Gasteiger partial charge in [0.25, 0.3) is 0 Å². The lowest BCUT2D eigenvalue weighted by Gasteiger charge is -2.18. The summed E-state index contributed by atoms with van der Waals surface area (Å²) < 4.78 is 0. The fourth-order valence-electron chi connectivity index (χ4n) is 1.33. The highest BCUT2D eigenvalue weighted by atomic mass is 35.5. The third-order valence-electron chi connectivity index (χ3n) is 2.16. The molecule has 0 heterocycles. The number of hydrogen-bond acceptors (Lipinski definition) is 3. The smallest absolute Gasteiger partial charge is 0.249 e. The van der Waals surface area contributed by atoms with Crippen LogP contribution in [0, 0.1) is 6.92 Å². The molecule has 0 saturated heterocycles. The summed E-state index contributed by atoms with van der Waals surface area (Å²) in [7, 11) is 0. The molecule has 0 radical (unpaired) electrons. The Morgan fingerprint density at radius 1 is 1.47 bits per heavy atom. The standard InChI is InChI=1S/C10H12ClNO3/c1-5-3-2-4-6(11)7(5)8(13)9(14)10(12)15/h2-4,8-9,13-14H,1H3,(H2,12,15). The van der Waals surface area contributed by atoms with Crippen molar-refractivity contribution in [3.05, 3.63) is 34.3 Å². The van der Waals surface area contributed by atoms with E-state index in [0.717, 1.165) is 0 Å². The van der Waals surface area contributed by atoms with Crippen LogP contribution in [-0.2, 0) is 4.79 Å². The van der Waals surface area contributed by atoms with Crippen molar-refractivity contribution >= 4 is 17.5 Å². The highest BCUT2D eigenvalue weighted by molar-refractivity contribution is 6.31. The summed E-state index contributed by atoms with van der Waals surface area (Å²) in [6.07, 6.45) is -3.04. The lowest BCUT2D eigenvalue weighted by Crippen LogP contribution is -2.34. The van der Waals surface area contributed by atoms with Crippen molar-refractivity contribution in [2.45, 2.75) is 19.1 Å². The highest BCUT2D eigenvalue weighted by Gasteiger charge is 2.26. The minimum absolute atomic E-state index is 0.294. The molecular formula is C10H12ClNO3. The van der Waals surface area contributed by atoms with Crippen LogP contribution < -0.4 is 5.73 Å². The summed E-state index contributed by atoms with van der Waals surface area (Å²) in [5, 5.41) is 19.3. The van der Waals surface area contributed by atoms with Crippen LogP contribution in [0.4, 0.5) is 0 Å². The Kier molecular flexibility index (Phi) is 3.68. The SMILES string of the molecule is Cc1cccc(Cl)c1C(O)C(O)C(N)=O. The average Bonchev–Trinajstić information content (AvgIpc) is 2.15. The average molecular weight is 230 g/mol. The van der Waals surface area contributed by atoms with Crippen molar-refractivity contribution in [2.24, 2.45) is 5.73 Å². The zero-order chi connectivity index (χ0) is 11.6. The molecule has 1 amide bonds. The molecule has 1 aromatic carbocycles. The van der Waals surface area contributed by atoms with Crippen LogP contribution in [0.5, 0.6) is 0 Å². The van der Waals surface area contributed by atoms with E-state index in [1.54, 1.807) is 25.1 Å². The number of halogens is 1. The topological polar surface area (TPSA) is 83.6 Å². The van der Waals surface area contributed by atoms with Crippen LogP contribution in [0.2, 0.25) is 5.02 Å². The van der Waals surface area contributed by atoms with E-state index in [2.05, 4.69) is 0 Å². The van der Waals surface area contributed by atoms with Crippen LogP contribution in [0.25, 0.3) is 0 Å². The summed E-state index contributed by atoms with van der Waals surface area (Å²) in [5.41, 5.74) is 5.90. The van der Waals surface area contributed by atoms with Gasteiger partial charge in [0.15, 0.2) is 6.10 Å². The fraction of sp³-hybridized carbons (Fsp3) is 0.300. The van der Waals surface area contributed by atoms with Gasteiger partial charge in [-0.15, -0.1) is 0 Å². The minimum atomic E-state index is -1.65. The molecule has 2 unspecified atom stereocenters. The molecule has 15 heavy (non-hydrogen) atoms. The lowest BCUT2D eigenvalue weighted by atomic mass is 9.99. The van der Waals surface area contributed by atoms with E-state index in [1.807, 2.05) is 0 Å². The second kappa shape index (κ2) is 4.61. The summed E-state index contributed by atoms with van der Waals surface area (Å²) in [6, 6.07) is 5.00. The molecule has 2 atom stereocenters. The molecule has 0 aliphatic carbocycles. The number of rotatable bonds is 3. The molecule has 0 aliphatic rings. The number of carbonyl (C=O) groups excluding carboxylic acids is 1. The van der Waals surface area contributed by atoms with Gasteiger partial charge in [0.1, 0.15) is 6.10 Å². The number of aliphatic hydroxyl groups excluding tert-OH is 2. The number of amides is 1. The molecule has 0 fully saturated rings. The third-order valence-corrected chi connectivity index (χ3v) is 2.49. The normalized spacial score (nSPS) is 14.7. The van der Waals surface area contributed by atoms with Gasteiger partial charge in [-0.3, -0.25) is 4.79 Å². The Hall–Kier alpha value is -1.10. The number of hydrogen-bond donors (Lipinski definition) is 3. The second-order valence-electron chi connectivity index (χ2n) is 3.26. The number of nitrogens with two attached hydrogens (primary N) is 1. The number of benzene rings is 1. The number of aliphatic hydroxyl groups is 2. The first kappa shape index (κ1) is 12.0. The maximum atomic E-state index is 10.7. The van der Waals surface area contributed by atoms with Gasteiger partial charge >= 0.3 is 0 Å². The molecule has 5 heteroatoms. The summed E-state index contributed by atoms with van der Waals surface area (Å²) in [6.45, 7) is 1.72. The predicted molar refractivity (Wildman–Crippen MR) is 56.4 cm³/mol. The van der Waals surface area contributed by atoms with Gasteiger partial charge in [-0.1, -0.05) is 23.7 Å². The van der Waals surface area contributed by atoms with E-state index in [-0.39, 0.29) is 0 Å². The minimum Gasteiger partial charge on any atom is -0.385 e. The predicted octanol–water partition coefficient (Wildman–Crippen LogP) is 0.528. The third kappa shape index (κ3) is 2.47. The molecule has 0 saturated carbocycles. The van der Waals surface area contributed by atoms with E-state index in [4.69, 9.17) is 17.3 Å². The van der Waals surface area contributed by atoms with E-state index in [1.165, 1.54) is 0 Å². The Morgan fingerprint density at radius 3 is 2.53 bits per heavy atom. The Balaban J connectivity index is 3.10. The van der Waals surface area contributed by atoms with Crippen LogP contribution in [0.1, 0.15) is 17.2 Å². The zero-order valence-corrected chi connectivity index (χ0v) is 8.90. The maximum Gasteiger partial charge on any atom is 0.249 e. The van der Waals surface area contributed by atoms with Crippen LogP contribution in [0.15, 0.2) is 18.2 Å². The summed E-state index contributed by atoms with van der Waals surface area (Å²) >= 11 is 5.85. The Labute approximate surface area is 92.3 Å². The highest BCUT2D eigenvalue weighted by Crippen LogP contribution is 2.28. The van der Waals surface area contributed by atoms with E-state index >= 15 is 0 Å². The molecule has 1 rings (SSSR count). The summed E-state index contributed by atoms with van der Waals surface area (Å²) in [4.78, 5) is 10.7. The van der Waals surface area contributed by atoms with E-state index in [9.17, 15) is 15.0 Å². The van der Waals surface area contributed by atoms with E-state index in [0.29, 0.717) is 16.1 Å². The molecule has 4 N–H and O–H groups in total. The largest absolute Gasteiger partial charge is 0.385 e. The van der Waals surface area contributed by atoms with Gasteiger partial charge in [0.05, 0.1) is 0 Å². The van der Waals surface area contributed by atoms with Crippen LogP contribution in [0.3, 0.4) is 0 Å². The quantitative estimate of drug-likeness (QED) is 0.707. The Morgan fingerprint density at radius 2 is 2.07 bits per heavy atom. The van der Waals surface area contributed by atoms with Crippen LogP contribution >= 0.6 is 11.6 Å². The maximum absolute atomic E-state index is 10.7. The van der Waals surface area contributed by atoms with Crippen molar-refractivity contribution in [1.82, 2.24) is 0 Å². The first-order chi connectivity index (χ1) is 6.95. The van der Waals surface area contributed by atoms with Gasteiger partial charge in [-0.2, -0.15) is 0 Å². The van der Waals surface area contributed by atoms with Gasteiger partial charge in [0, 0.05) is 10.6 Å². The zero-order valence-electron chi connectivity index (χ0n) is 8.14. The molecular weight excluding hydrogens is 218 g/mol. The first-order valence-electron chi connectivity index (χ1n) is 4.35. The molecule has 4 nitrogen and oxygen atoms in total. The van der Waals surface area contributed by atoms with Crippen molar-refractivity contribution in [1.29, 1.82) is 0 Å². The summed E-state index contributed by atoms with van der Waals surface area (Å²) in [5.74, 6) is -0.984. The molecule has 1 aromatic rings. The molecule has 0 aromatic heterocycles. The van der Waals surface area contributed by atoms with Crippen molar-refractivity contribution in [2.75, 3.05) is 0 Å². The number of primary amides is 1. The molecule has 0 spiro atoms. The number of aryl methyl sites for hydroxylation is 1. The van der Waals surface area contributed by atoms with Gasteiger partial charge in [0.2, 0.25) is 5.91 Å². The fourth-order valence-corrected chi connectivity index (χ4v) is 1.67. The molecule has 0 bridgehead atoms. The van der Waals surface area contributed by atoms with E-state index < -0.39 is 18.1 Å². The molecule has 82 valence electrons. The van der Waals surface area contributed by atoms with Crippen LogP contribution in [-0.4, -0.2) is 22.2 Å². The second-order valence-corrected chi connectivity index (χ2v) is 3.67. The van der Waals surface area contributed by atoms with Gasteiger partial charge in [-0.25, -0.2) is 0 Å². The Bertz CT molecular complexity index is 361. The van der Waals surface area contributed by atoms with Crippen molar-refractivity contribution in [3.8, 4) is 0 Å². The number of carbonyl (C=O) groups is 1. The van der Waals surface area contributed by atoms with Gasteiger partial charge < -0.3 is 15.9 Å². The first-order valence-corrected chi connectivity index (χ1v) is 4.73. The van der Waals surface area contributed by atoms with Crippen molar-refractivity contribution < 1.29 is 15.0 Å². The molecule has 0 aliphatic heterocycles. The van der Waals surface area contributed by atoms with Crippen molar-refractivity contribution in [3.63, 3.8) is 0 Å². The van der Waals surface area contributed by atoms with Gasteiger partial charge in [-0.05, 0) is 18.6 Å². The lowest BCUT2D eigenvalue weighted by molar-refractivity contribution is -0.131. The monoisotopic (exact) mass is 229 g/mol.